The number of nitrogens with one attached hydrogen (secondary N) is 1. The molecule has 6 rings (SSSR count). The lowest BCUT2D eigenvalue weighted by molar-refractivity contribution is -0.0758. The van der Waals surface area contributed by atoms with Gasteiger partial charge in [0.1, 0.15) is 17.6 Å². The molecule has 2 bridgehead atoms. The van der Waals surface area contributed by atoms with Gasteiger partial charge in [-0.3, -0.25) is 5.43 Å². The number of allylic oxidation sites excluding steroid dienone is 3. The van der Waals surface area contributed by atoms with E-state index in [9.17, 15) is 0 Å². The quantitative estimate of drug-likeness (QED) is 0.736. The number of hydrazone groups is 1. The first-order chi connectivity index (χ1) is 14.2. The van der Waals surface area contributed by atoms with Crippen LogP contribution in [-0.4, -0.2) is 43.5 Å². The van der Waals surface area contributed by atoms with E-state index in [1.807, 2.05) is 30.3 Å². The normalized spacial score (nSPS) is 39.3. The molecule has 2 unspecified atom stereocenters. The molecule has 2 heterocycles. The molecule has 30 heavy (non-hydrogen) atoms. The average molecular weight is 426 g/mol. The monoisotopic (exact) mass is 425 g/mol. The second-order valence-electron chi connectivity index (χ2n) is 8.98. The van der Waals surface area contributed by atoms with Gasteiger partial charge in [-0.15, -0.1) is 12.4 Å². The van der Waals surface area contributed by atoms with E-state index in [1.54, 1.807) is 7.11 Å². The van der Waals surface area contributed by atoms with Crippen LogP contribution in [0.3, 0.4) is 0 Å². The molecule has 3 fully saturated rings. The fourth-order valence-corrected chi connectivity index (χ4v) is 6.59. The Bertz CT molecular complexity index is 956. The summed E-state index contributed by atoms with van der Waals surface area (Å²) < 4.78 is 12.4. The van der Waals surface area contributed by atoms with Crippen LogP contribution < -0.4 is 5.43 Å². The molecule has 1 aromatic rings. The van der Waals surface area contributed by atoms with Gasteiger partial charge in [-0.25, -0.2) is 0 Å². The van der Waals surface area contributed by atoms with Crippen molar-refractivity contribution >= 4 is 23.8 Å². The Balaban J connectivity index is 0.00000193. The summed E-state index contributed by atoms with van der Waals surface area (Å²) in [5, 5.41) is 4.81. The number of ether oxygens (including phenoxy) is 2. The second-order valence-corrected chi connectivity index (χ2v) is 8.98. The van der Waals surface area contributed by atoms with Crippen LogP contribution in [0.5, 0.6) is 0 Å². The Morgan fingerprint density at radius 3 is 2.83 bits per heavy atom. The van der Waals surface area contributed by atoms with Crippen molar-refractivity contribution in [3.63, 3.8) is 0 Å². The fourth-order valence-electron chi connectivity index (χ4n) is 6.59. The van der Waals surface area contributed by atoms with Crippen molar-refractivity contribution in [2.24, 2.45) is 28.3 Å². The van der Waals surface area contributed by atoms with Crippen LogP contribution in [0.2, 0.25) is 0 Å². The van der Waals surface area contributed by atoms with Gasteiger partial charge in [0.15, 0.2) is 5.76 Å². The Hall–Kier alpha value is -2.24. The summed E-state index contributed by atoms with van der Waals surface area (Å²) in [5.41, 5.74) is 5.29. The minimum atomic E-state index is -0.0298. The summed E-state index contributed by atoms with van der Waals surface area (Å²) in [4.78, 5) is 2.55. The number of methoxy groups -OCH3 is 1. The van der Waals surface area contributed by atoms with Gasteiger partial charge in [-0.1, -0.05) is 30.4 Å². The summed E-state index contributed by atoms with van der Waals surface area (Å²) in [6.45, 7) is 1.11. The topological polar surface area (TPSA) is 46.1 Å². The molecule has 0 radical (unpaired) electrons. The van der Waals surface area contributed by atoms with Gasteiger partial charge in [0.25, 0.3) is 0 Å². The first-order valence-corrected chi connectivity index (χ1v) is 10.6. The zero-order valence-electron chi connectivity index (χ0n) is 17.3. The number of piperidine rings is 1. The van der Waals surface area contributed by atoms with Crippen LogP contribution in [-0.2, 0) is 9.47 Å². The predicted octanol–water partition coefficient (Wildman–Crippen LogP) is 4.22. The Kier molecular flexibility index (Phi) is 4.71. The number of halogens is 1. The van der Waals surface area contributed by atoms with E-state index < -0.39 is 0 Å². The molecule has 3 aliphatic carbocycles. The van der Waals surface area contributed by atoms with E-state index in [1.165, 1.54) is 6.42 Å². The molecule has 6 atom stereocenters. The Morgan fingerprint density at radius 1 is 1.20 bits per heavy atom. The number of nitrogens with zero attached hydrogens (tertiary/aromatic N) is 2. The molecule has 6 heteroatoms. The molecule has 0 amide bonds. The highest BCUT2D eigenvalue weighted by Crippen LogP contribution is 2.66. The minimum Gasteiger partial charge on any atom is -0.493 e. The largest absolute Gasteiger partial charge is 0.493 e. The van der Waals surface area contributed by atoms with Gasteiger partial charge < -0.3 is 14.4 Å². The molecular weight excluding hydrogens is 398 g/mol. The lowest BCUT2D eigenvalue weighted by Crippen LogP contribution is -2.64. The number of hydrogen-bond donors (Lipinski definition) is 1. The van der Waals surface area contributed by atoms with Crippen LogP contribution in [0.25, 0.3) is 0 Å². The van der Waals surface area contributed by atoms with Crippen molar-refractivity contribution in [3.05, 3.63) is 66.2 Å². The summed E-state index contributed by atoms with van der Waals surface area (Å²) in [7, 11) is 4.03. The van der Waals surface area contributed by atoms with Crippen molar-refractivity contribution in [2.75, 3.05) is 26.1 Å². The van der Waals surface area contributed by atoms with E-state index in [0.717, 1.165) is 35.9 Å². The fraction of sp³-hybridized carbons (Fsp3) is 0.458. The molecule has 5 nitrogen and oxygen atoms in total. The number of likely N-dealkylation sites (tertiary alicyclic amines) is 1. The molecule has 1 spiro atoms. The van der Waals surface area contributed by atoms with Gasteiger partial charge in [0.2, 0.25) is 0 Å². The third-order valence-electron chi connectivity index (χ3n) is 7.82. The van der Waals surface area contributed by atoms with Gasteiger partial charge in [0, 0.05) is 23.3 Å². The third kappa shape index (κ3) is 2.55. The number of hydrogen-bond acceptors (Lipinski definition) is 5. The molecule has 5 aliphatic rings. The van der Waals surface area contributed by atoms with Crippen LogP contribution in [0, 0.1) is 23.2 Å². The third-order valence-corrected chi connectivity index (χ3v) is 7.82. The van der Waals surface area contributed by atoms with Crippen LogP contribution in [0.4, 0.5) is 5.69 Å². The van der Waals surface area contributed by atoms with Crippen molar-refractivity contribution in [2.45, 2.75) is 25.0 Å². The lowest BCUT2D eigenvalue weighted by atomic mass is 9.48. The van der Waals surface area contributed by atoms with E-state index in [2.05, 4.69) is 41.7 Å². The number of rotatable bonds is 3. The van der Waals surface area contributed by atoms with Crippen LogP contribution in [0.1, 0.15) is 12.8 Å². The average Bonchev–Trinajstić information content (AvgIpc) is 3.11. The summed E-state index contributed by atoms with van der Waals surface area (Å²) in [6, 6.07) is 10.7. The highest BCUT2D eigenvalue weighted by Gasteiger charge is 2.69. The van der Waals surface area contributed by atoms with E-state index in [-0.39, 0.29) is 23.9 Å². The zero-order chi connectivity index (χ0) is 19.6. The van der Waals surface area contributed by atoms with Gasteiger partial charge in [-0.05, 0) is 56.6 Å². The summed E-state index contributed by atoms with van der Waals surface area (Å²) in [5.74, 6) is 3.32. The van der Waals surface area contributed by atoms with Crippen LogP contribution >= 0.6 is 12.4 Å². The molecule has 1 aromatic carbocycles. The van der Waals surface area contributed by atoms with Gasteiger partial charge >= 0.3 is 0 Å². The molecule has 1 saturated carbocycles. The van der Waals surface area contributed by atoms with Crippen LogP contribution in [0.15, 0.2) is 71.3 Å². The minimum absolute atomic E-state index is 0. The Morgan fingerprint density at radius 2 is 2.03 bits per heavy atom. The molecule has 1 N–H and O–H groups in total. The van der Waals surface area contributed by atoms with Crippen molar-refractivity contribution < 1.29 is 9.47 Å². The molecule has 158 valence electrons. The number of anilines is 1. The highest BCUT2D eigenvalue weighted by atomic mass is 35.5. The Labute approximate surface area is 183 Å². The highest BCUT2D eigenvalue weighted by molar-refractivity contribution is 6.01. The molecule has 2 saturated heterocycles. The number of benzene rings is 1. The van der Waals surface area contributed by atoms with Gasteiger partial charge in [0.05, 0.1) is 12.8 Å². The van der Waals surface area contributed by atoms with E-state index in [4.69, 9.17) is 14.6 Å². The van der Waals surface area contributed by atoms with E-state index in [0.29, 0.717) is 23.8 Å². The van der Waals surface area contributed by atoms with Crippen molar-refractivity contribution in [1.29, 1.82) is 0 Å². The maximum absolute atomic E-state index is 6.73. The summed E-state index contributed by atoms with van der Waals surface area (Å²) >= 11 is 0. The van der Waals surface area contributed by atoms with Crippen molar-refractivity contribution in [3.8, 4) is 0 Å². The van der Waals surface area contributed by atoms with Crippen molar-refractivity contribution in [1.82, 2.24) is 4.90 Å². The second kappa shape index (κ2) is 7.17. The van der Waals surface area contributed by atoms with E-state index >= 15 is 0 Å². The molecule has 2 aliphatic heterocycles. The lowest BCUT2D eigenvalue weighted by Gasteiger charge is -2.59. The maximum atomic E-state index is 6.73. The first-order valence-electron chi connectivity index (χ1n) is 10.6. The van der Waals surface area contributed by atoms with Gasteiger partial charge in [-0.2, -0.15) is 5.10 Å². The summed E-state index contributed by atoms with van der Waals surface area (Å²) in [6.07, 6.45) is 11.4. The molecular formula is C24H28ClN3O2. The first kappa shape index (κ1) is 19.7. The standard InChI is InChI=1S/C24H27N3O2.ClH/c1-27-13-12-24-17-9-10-18(26-25-16-6-4-3-5-7-16)23(24)29-22-20(28-2)11-8-15(21(22)24)14-19(17)27;/h3-11,15,17,19,21,23,25H,12-14H2,1-2H3;1H/t15?,17-,19+,21?,23-,24-;/m0./s1. The predicted molar refractivity (Wildman–Crippen MR) is 120 cm³/mol. The smallest absolute Gasteiger partial charge is 0.156 e. The number of para-hydroxylation sites is 1. The SMILES string of the molecule is COC1=C2O[C@H]3C(=NNc4ccccc4)C=C[C@H]4[C@H]5CC(C=C1)C2[C@@]34CCN5C.Cl. The maximum Gasteiger partial charge on any atom is 0.156 e. The zero-order valence-corrected chi connectivity index (χ0v) is 18.1. The molecule has 0 aromatic heterocycles.